The van der Waals surface area contributed by atoms with Crippen LogP contribution in [0.3, 0.4) is 0 Å². The predicted molar refractivity (Wildman–Crippen MR) is 96.8 cm³/mol. The van der Waals surface area contributed by atoms with E-state index in [1.54, 1.807) is 25.3 Å². The number of hydrogen-bond donors (Lipinski definition) is 0. The van der Waals surface area contributed by atoms with Crippen LogP contribution in [0, 0.1) is 10.1 Å². The van der Waals surface area contributed by atoms with Crippen molar-refractivity contribution in [2.24, 2.45) is 0 Å². The van der Waals surface area contributed by atoms with Crippen LogP contribution in [0.4, 0.5) is 5.69 Å². The molecule has 2 aromatic carbocycles. The molecule has 3 rings (SSSR count). The summed E-state index contributed by atoms with van der Waals surface area (Å²) >= 11 is 0. The lowest BCUT2D eigenvalue weighted by Crippen LogP contribution is -1.99. The molecule has 0 unspecified atom stereocenters. The van der Waals surface area contributed by atoms with Crippen LogP contribution in [0.1, 0.15) is 5.89 Å². The Bertz CT molecular complexity index is 987. The van der Waals surface area contributed by atoms with E-state index in [1.165, 1.54) is 32.4 Å². The molecule has 0 atom stereocenters. The molecule has 3 aromatic rings. The van der Waals surface area contributed by atoms with E-state index < -0.39 is 4.92 Å². The molecule has 1 heterocycles. The fraction of sp³-hybridized carbons (Fsp3) is 0.222. The highest BCUT2D eigenvalue weighted by Crippen LogP contribution is 2.33. The zero-order chi connectivity index (χ0) is 20.1. The summed E-state index contributed by atoms with van der Waals surface area (Å²) in [5, 5.41) is 14.9. The number of nitrogens with zero attached hydrogens (tertiary/aromatic N) is 3. The van der Waals surface area contributed by atoms with E-state index in [0.717, 1.165) is 0 Å². The van der Waals surface area contributed by atoms with Gasteiger partial charge in [0, 0.05) is 11.6 Å². The van der Waals surface area contributed by atoms with Crippen molar-refractivity contribution in [3.8, 4) is 34.4 Å². The van der Waals surface area contributed by atoms with Crippen LogP contribution in [0.25, 0.3) is 11.4 Å². The van der Waals surface area contributed by atoms with Crippen LogP contribution in [0.5, 0.6) is 23.0 Å². The third-order valence-corrected chi connectivity index (χ3v) is 3.82. The Labute approximate surface area is 159 Å². The second kappa shape index (κ2) is 8.25. The second-order valence-electron chi connectivity index (χ2n) is 5.46. The summed E-state index contributed by atoms with van der Waals surface area (Å²) in [6.07, 6.45) is 0. The molecule has 0 aliphatic rings. The van der Waals surface area contributed by atoms with Gasteiger partial charge < -0.3 is 23.5 Å². The molecule has 0 amide bonds. The highest BCUT2D eigenvalue weighted by atomic mass is 16.6. The van der Waals surface area contributed by atoms with Crippen LogP contribution in [-0.4, -0.2) is 36.4 Å². The zero-order valence-electron chi connectivity index (χ0n) is 15.4. The number of non-ortho nitro benzene ring substituents is 1. The molecule has 0 N–H and O–H groups in total. The SMILES string of the molecule is COc1ccc(-c2noc(COc3cc([N+](=O)[O-])ccc3OC)n2)cc1OC. The summed E-state index contributed by atoms with van der Waals surface area (Å²) in [6.45, 7) is -0.0855. The van der Waals surface area contributed by atoms with Crippen molar-refractivity contribution in [1.29, 1.82) is 0 Å². The number of aromatic nitrogens is 2. The van der Waals surface area contributed by atoms with Crippen LogP contribution < -0.4 is 18.9 Å². The molecule has 0 radical (unpaired) electrons. The molecule has 1 aromatic heterocycles. The second-order valence-corrected chi connectivity index (χ2v) is 5.46. The van der Waals surface area contributed by atoms with Gasteiger partial charge in [0.2, 0.25) is 5.82 Å². The first-order valence-corrected chi connectivity index (χ1v) is 8.06. The molecule has 0 aliphatic heterocycles. The normalized spacial score (nSPS) is 10.4. The quantitative estimate of drug-likeness (QED) is 0.424. The van der Waals surface area contributed by atoms with Crippen molar-refractivity contribution in [2.45, 2.75) is 6.61 Å². The Hall–Kier alpha value is -3.82. The van der Waals surface area contributed by atoms with Gasteiger partial charge in [-0.2, -0.15) is 4.98 Å². The van der Waals surface area contributed by atoms with Gasteiger partial charge in [-0.3, -0.25) is 10.1 Å². The van der Waals surface area contributed by atoms with Gasteiger partial charge in [0.05, 0.1) is 32.3 Å². The summed E-state index contributed by atoms with van der Waals surface area (Å²) < 4.78 is 26.4. The van der Waals surface area contributed by atoms with Crippen LogP contribution in [0.15, 0.2) is 40.9 Å². The van der Waals surface area contributed by atoms with Gasteiger partial charge in [-0.15, -0.1) is 0 Å². The lowest BCUT2D eigenvalue weighted by atomic mass is 10.2. The van der Waals surface area contributed by atoms with E-state index in [2.05, 4.69) is 10.1 Å². The fourth-order valence-electron chi connectivity index (χ4n) is 2.44. The van der Waals surface area contributed by atoms with Crippen molar-refractivity contribution in [2.75, 3.05) is 21.3 Å². The largest absolute Gasteiger partial charge is 0.493 e. The third-order valence-electron chi connectivity index (χ3n) is 3.82. The number of ether oxygens (including phenoxy) is 4. The number of rotatable bonds is 8. The van der Waals surface area contributed by atoms with E-state index in [9.17, 15) is 10.1 Å². The van der Waals surface area contributed by atoms with Crippen molar-refractivity contribution < 1.29 is 28.4 Å². The third kappa shape index (κ3) is 3.95. The van der Waals surface area contributed by atoms with E-state index in [-0.39, 0.29) is 23.9 Å². The molecule has 10 heteroatoms. The van der Waals surface area contributed by atoms with Crippen molar-refractivity contribution in [3.05, 3.63) is 52.4 Å². The average Bonchev–Trinajstić information content (AvgIpc) is 3.20. The minimum atomic E-state index is -0.520. The summed E-state index contributed by atoms with van der Waals surface area (Å²) in [7, 11) is 4.52. The minimum Gasteiger partial charge on any atom is -0.493 e. The first-order valence-electron chi connectivity index (χ1n) is 8.06. The first-order chi connectivity index (χ1) is 13.5. The number of hydrogen-bond acceptors (Lipinski definition) is 9. The zero-order valence-corrected chi connectivity index (χ0v) is 15.4. The standard InChI is InChI=1S/C18H17N3O7/c1-24-13-6-4-11(8-15(13)26-3)18-19-17(28-20-18)10-27-16-9-12(21(22)23)5-7-14(16)25-2/h4-9H,10H2,1-3H3. The number of methoxy groups -OCH3 is 3. The van der Waals surface area contributed by atoms with Gasteiger partial charge in [-0.05, 0) is 24.3 Å². The highest BCUT2D eigenvalue weighted by Gasteiger charge is 2.16. The Kier molecular flexibility index (Phi) is 5.58. The van der Waals surface area contributed by atoms with Gasteiger partial charge in [0.25, 0.3) is 11.6 Å². The molecule has 10 nitrogen and oxygen atoms in total. The smallest absolute Gasteiger partial charge is 0.273 e. The molecule has 0 fully saturated rings. The molecule has 0 bridgehead atoms. The maximum absolute atomic E-state index is 10.9. The summed E-state index contributed by atoms with van der Waals surface area (Å²) in [5.74, 6) is 2.19. The minimum absolute atomic E-state index is 0.0855. The van der Waals surface area contributed by atoms with E-state index in [1.807, 2.05) is 0 Å². The lowest BCUT2D eigenvalue weighted by Gasteiger charge is -2.08. The van der Waals surface area contributed by atoms with Crippen molar-refractivity contribution in [1.82, 2.24) is 10.1 Å². The summed E-state index contributed by atoms with van der Waals surface area (Å²) in [5.41, 5.74) is 0.549. The topological polar surface area (TPSA) is 119 Å². The summed E-state index contributed by atoms with van der Waals surface area (Å²) in [4.78, 5) is 14.7. The molecule has 0 saturated carbocycles. The van der Waals surface area contributed by atoms with Crippen LogP contribution in [-0.2, 0) is 6.61 Å². The van der Waals surface area contributed by atoms with Gasteiger partial charge >= 0.3 is 0 Å². The van der Waals surface area contributed by atoms with Crippen LogP contribution >= 0.6 is 0 Å². The maximum atomic E-state index is 10.9. The Balaban J connectivity index is 1.77. The van der Waals surface area contributed by atoms with Gasteiger partial charge in [-0.1, -0.05) is 5.16 Å². The van der Waals surface area contributed by atoms with Gasteiger partial charge in [0.15, 0.2) is 29.6 Å². The van der Waals surface area contributed by atoms with Crippen molar-refractivity contribution >= 4 is 5.69 Å². The van der Waals surface area contributed by atoms with Gasteiger partial charge in [0.1, 0.15) is 0 Å². The highest BCUT2D eigenvalue weighted by molar-refractivity contribution is 5.60. The molecule has 28 heavy (non-hydrogen) atoms. The van der Waals surface area contributed by atoms with Gasteiger partial charge in [-0.25, -0.2) is 0 Å². The molecular weight excluding hydrogens is 370 g/mol. The summed E-state index contributed by atoms with van der Waals surface area (Å²) in [6, 6.07) is 9.27. The molecule has 0 aliphatic carbocycles. The average molecular weight is 387 g/mol. The molecule has 0 spiro atoms. The van der Waals surface area contributed by atoms with E-state index in [4.69, 9.17) is 23.5 Å². The predicted octanol–water partition coefficient (Wildman–Crippen LogP) is 3.25. The monoisotopic (exact) mass is 387 g/mol. The van der Waals surface area contributed by atoms with Crippen molar-refractivity contribution in [3.63, 3.8) is 0 Å². The van der Waals surface area contributed by atoms with Crippen LogP contribution in [0.2, 0.25) is 0 Å². The fourth-order valence-corrected chi connectivity index (χ4v) is 2.44. The Morgan fingerprint density at radius 1 is 0.964 bits per heavy atom. The number of nitro benzene ring substituents is 1. The van der Waals surface area contributed by atoms with E-state index >= 15 is 0 Å². The number of nitro groups is 1. The molecule has 0 saturated heterocycles. The van der Waals surface area contributed by atoms with E-state index in [0.29, 0.717) is 28.6 Å². The number of benzene rings is 2. The first kappa shape index (κ1) is 19.0. The Morgan fingerprint density at radius 3 is 2.32 bits per heavy atom. The Morgan fingerprint density at radius 2 is 1.64 bits per heavy atom. The molecular formula is C18H17N3O7. The molecule has 146 valence electrons. The maximum Gasteiger partial charge on any atom is 0.273 e. The lowest BCUT2D eigenvalue weighted by molar-refractivity contribution is -0.385.